The van der Waals surface area contributed by atoms with E-state index in [9.17, 15) is 10.1 Å². The molecule has 3 rings (SSSR count). The predicted molar refractivity (Wildman–Crippen MR) is 95.2 cm³/mol. The molecule has 0 radical (unpaired) electrons. The standard InChI is InChI=1S/C19H18ClN2O2/c1-22(2,3)13-5-7-14-16-8-12(10-21)4-6-15(16)18(17(14)9-13)11-24-19(20)23/h4-9,18H,11H2,1-3H3/q+1. The molecule has 2 aromatic carbocycles. The quantitative estimate of drug-likeness (QED) is 0.619. The lowest BCUT2D eigenvalue weighted by molar-refractivity contribution is 0.170. The van der Waals surface area contributed by atoms with Gasteiger partial charge in [-0.15, -0.1) is 0 Å². The number of benzene rings is 2. The highest BCUT2D eigenvalue weighted by atomic mass is 35.5. The molecule has 0 heterocycles. The molecule has 24 heavy (non-hydrogen) atoms. The molecule has 4 nitrogen and oxygen atoms in total. The Labute approximate surface area is 146 Å². The van der Waals surface area contributed by atoms with Gasteiger partial charge in [0.05, 0.1) is 32.8 Å². The highest BCUT2D eigenvalue weighted by molar-refractivity contribution is 6.61. The van der Waals surface area contributed by atoms with Gasteiger partial charge < -0.3 is 4.74 Å². The Morgan fingerprint density at radius 3 is 2.54 bits per heavy atom. The van der Waals surface area contributed by atoms with Gasteiger partial charge in [-0.2, -0.15) is 5.26 Å². The lowest BCUT2D eigenvalue weighted by atomic mass is 9.97. The number of nitrogens with zero attached hydrogens (tertiary/aromatic N) is 2. The number of carbonyl (C=O) groups excluding carboxylic acids is 1. The van der Waals surface area contributed by atoms with E-state index in [1.807, 2.05) is 12.1 Å². The third kappa shape index (κ3) is 2.89. The number of quaternary nitrogens is 1. The normalized spacial score (nSPS) is 15.4. The molecule has 0 aliphatic heterocycles. The van der Waals surface area contributed by atoms with Crippen molar-refractivity contribution >= 4 is 22.7 Å². The van der Waals surface area contributed by atoms with E-state index < -0.39 is 5.43 Å². The minimum absolute atomic E-state index is 0.0723. The Balaban J connectivity index is 2.14. The first kappa shape index (κ1) is 16.5. The summed E-state index contributed by atoms with van der Waals surface area (Å²) in [5.74, 6) is -0.0723. The van der Waals surface area contributed by atoms with Crippen LogP contribution in [0.4, 0.5) is 10.5 Å². The largest absolute Gasteiger partial charge is 0.453 e. The average Bonchev–Trinajstić information content (AvgIpc) is 2.84. The van der Waals surface area contributed by atoms with Gasteiger partial charge in [-0.05, 0) is 46.5 Å². The zero-order chi connectivity index (χ0) is 17.5. The monoisotopic (exact) mass is 341 g/mol. The van der Waals surface area contributed by atoms with Gasteiger partial charge in [0.2, 0.25) is 0 Å². The predicted octanol–water partition coefficient (Wildman–Crippen LogP) is 4.24. The Kier molecular flexibility index (Phi) is 4.08. The highest BCUT2D eigenvalue weighted by Crippen LogP contribution is 2.46. The maximum Gasteiger partial charge on any atom is 0.403 e. The molecule has 5 heteroatoms. The Hall–Kier alpha value is -2.35. The Bertz CT molecular complexity index is 863. The lowest BCUT2D eigenvalue weighted by Gasteiger charge is -2.24. The second kappa shape index (κ2) is 5.94. The van der Waals surface area contributed by atoms with Crippen LogP contribution in [0.3, 0.4) is 0 Å². The molecular weight excluding hydrogens is 324 g/mol. The average molecular weight is 342 g/mol. The van der Waals surface area contributed by atoms with Gasteiger partial charge in [-0.25, -0.2) is 4.79 Å². The number of rotatable bonds is 3. The van der Waals surface area contributed by atoms with Crippen LogP contribution in [-0.2, 0) is 4.74 Å². The molecule has 2 aromatic rings. The van der Waals surface area contributed by atoms with E-state index in [1.54, 1.807) is 6.07 Å². The molecule has 1 aliphatic carbocycles. The molecule has 0 saturated heterocycles. The molecule has 0 spiro atoms. The molecule has 0 bridgehead atoms. The fraction of sp³-hybridized carbons (Fsp3) is 0.263. The van der Waals surface area contributed by atoms with Crippen molar-refractivity contribution in [3.8, 4) is 17.2 Å². The van der Waals surface area contributed by atoms with Crippen LogP contribution in [0.15, 0.2) is 36.4 Å². The molecule has 122 valence electrons. The second-order valence-electron chi connectivity index (χ2n) is 6.80. The van der Waals surface area contributed by atoms with Crippen molar-refractivity contribution in [2.24, 2.45) is 0 Å². The van der Waals surface area contributed by atoms with Gasteiger partial charge in [0.1, 0.15) is 12.3 Å². The van der Waals surface area contributed by atoms with Gasteiger partial charge in [-0.3, -0.25) is 4.48 Å². The van der Waals surface area contributed by atoms with Crippen LogP contribution in [-0.4, -0.2) is 33.2 Å². The number of nitriles is 1. The molecule has 0 N–H and O–H groups in total. The molecule has 1 aliphatic rings. The summed E-state index contributed by atoms with van der Waals surface area (Å²) in [5.41, 5.74) is 5.22. The van der Waals surface area contributed by atoms with Crippen molar-refractivity contribution < 1.29 is 9.53 Å². The minimum atomic E-state index is -0.804. The van der Waals surface area contributed by atoms with Crippen LogP contribution < -0.4 is 4.48 Å². The highest BCUT2D eigenvalue weighted by Gasteiger charge is 2.31. The fourth-order valence-electron chi connectivity index (χ4n) is 3.16. The molecular formula is C19H18ClN2O2+. The first-order chi connectivity index (χ1) is 11.3. The molecule has 0 saturated carbocycles. The topological polar surface area (TPSA) is 50.1 Å². The van der Waals surface area contributed by atoms with Crippen molar-refractivity contribution in [2.75, 3.05) is 27.7 Å². The van der Waals surface area contributed by atoms with Gasteiger partial charge >= 0.3 is 5.43 Å². The van der Waals surface area contributed by atoms with Gasteiger partial charge in [0, 0.05) is 23.6 Å². The van der Waals surface area contributed by atoms with Crippen LogP contribution in [0.1, 0.15) is 22.6 Å². The van der Waals surface area contributed by atoms with Crippen LogP contribution in [0.25, 0.3) is 11.1 Å². The van der Waals surface area contributed by atoms with Crippen LogP contribution in [0.2, 0.25) is 0 Å². The summed E-state index contributed by atoms with van der Waals surface area (Å²) in [7, 11) is 6.31. The van der Waals surface area contributed by atoms with Crippen molar-refractivity contribution in [1.82, 2.24) is 4.48 Å². The maximum absolute atomic E-state index is 11.0. The Morgan fingerprint density at radius 2 is 1.92 bits per heavy atom. The maximum atomic E-state index is 11.0. The number of hydrogen-bond donors (Lipinski definition) is 0. The minimum Gasteiger partial charge on any atom is -0.453 e. The van der Waals surface area contributed by atoms with E-state index in [4.69, 9.17) is 16.3 Å². The van der Waals surface area contributed by atoms with E-state index in [-0.39, 0.29) is 12.5 Å². The van der Waals surface area contributed by atoms with E-state index in [1.165, 1.54) is 0 Å². The number of halogens is 1. The fourth-order valence-corrected chi connectivity index (χ4v) is 3.22. The first-order valence-electron chi connectivity index (χ1n) is 7.64. The van der Waals surface area contributed by atoms with Crippen molar-refractivity contribution in [1.29, 1.82) is 5.26 Å². The SMILES string of the molecule is C[N+](C)(C)c1ccc2c(c1)C(COC(=O)Cl)c1ccc(C#N)cc1-2. The number of carbonyl (C=O) groups is 1. The smallest absolute Gasteiger partial charge is 0.403 e. The molecule has 0 aromatic heterocycles. The molecule has 1 atom stereocenters. The van der Waals surface area contributed by atoms with Gasteiger partial charge in [-0.1, -0.05) is 6.07 Å². The molecule has 0 fully saturated rings. The van der Waals surface area contributed by atoms with Crippen molar-refractivity contribution in [3.63, 3.8) is 0 Å². The summed E-state index contributed by atoms with van der Waals surface area (Å²) in [6.45, 7) is 0.189. The van der Waals surface area contributed by atoms with Crippen molar-refractivity contribution in [2.45, 2.75) is 5.92 Å². The number of fused-ring (bicyclic) bond motifs is 3. The second-order valence-corrected chi connectivity index (χ2v) is 7.11. The third-order valence-corrected chi connectivity index (χ3v) is 4.51. The van der Waals surface area contributed by atoms with E-state index in [0.717, 1.165) is 27.9 Å². The van der Waals surface area contributed by atoms with E-state index in [2.05, 4.69) is 45.4 Å². The molecule has 1 unspecified atom stereocenters. The summed E-state index contributed by atoms with van der Waals surface area (Å²) in [4.78, 5) is 11.0. The van der Waals surface area contributed by atoms with Gasteiger partial charge in [0.25, 0.3) is 0 Å². The summed E-state index contributed by atoms with van der Waals surface area (Å²) in [6.07, 6.45) is 0. The third-order valence-electron chi connectivity index (χ3n) is 4.40. The Morgan fingerprint density at radius 1 is 1.17 bits per heavy atom. The van der Waals surface area contributed by atoms with E-state index in [0.29, 0.717) is 10.0 Å². The summed E-state index contributed by atoms with van der Waals surface area (Å²) in [5, 5.41) is 9.17. The van der Waals surface area contributed by atoms with E-state index >= 15 is 0 Å². The van der Waals surface area contributed by atoms with Crippen molar-refractivity contribution in [3.05, 3.63) is 53.1 Å². The summed E-state index contributed by atoms with van der Waals surface area (Å²) >= 11 is 5.35. The van der Waals surface area contributed by atoms with Crippen LogP contribution >= 0.6 is 11.6 Å². The lowest BCUT2D eigenvalue weighted by Crippen LogP contribution is -2.34. The summed E-state index contributed by atoms with van der Waals surface area (Å²) < 4.78 is 5.77. The first-order valence-corrected chi connectivity index (χ1v) is 8.01. The summed E-state index contributed by atoms with van der Waals surface area (Å²) in [6, 6.07) is 14.1. The number of hydrogen-bond acceptors (Lipinski definition) is 3. The van der Waals surface area contributed by atoms with Gasteiger partial charge in [0.15, 0.2) is 0 Å². The molecule has 0 amide bonds. The zero-order valence-electron chi connectivity index (χ0n) is 13.8. The zero-order valence-corrected chi connectivity index (χ0v) is 14.6. The van der Waals surface area contributed by atoms with Crippen LogP contribution in [0.5, 0.6) is 0 Å². The number of ether oxygens (including phenoxy) is 1. The van der Waals surface area contributed by atoms with Crippen LogP contribution in [0, 0.1) is 11.3 Å².